The van der Waals surface area contributed by atoms with Crippen molar-refractivity contribution in [1.82, 2.24) is 0 Å². The van der Waals surface area contributed by atoms with Crippen LogP contribution in [0.2, 0.25) is 0 Å². The lowest BCUT2D eigenvalue weighted by molar-refractivity contribution is -0.426. The first-order valence-electron chi connectivity index (χ1n) is 4.89. The molecule has 0 heterocycles. The fourth-order valence-corrected chi connectivity index (χ4v) is 1.26. The van der Waals surface area contributed by atoms with Crippen molar-refractivity contribution in [2.24, 2.45) is 0 Å². The molecule has 0 spiro atoms. The number of aliphatic hydroxyl groups excluding tert-OH is 1. The predicted octanol–water partition coefficient (Wildman–Crippen LogP) is -0.106. The van der Waals surface area contributed by atoms with Crippen LogP contribution in [0.5, 0.6) is 0 Å². The quantitative estimate of drug-likeness (QED) is 0.681. The van der Waals surface area contributed by atoms with Crippen LogP contribution in [-0.2, 0) is 9.53 Å². The first-order valence-corrected chi connectivity index (χ1v) is 4.89. The highest BCUT2D eigenvalue weighted by Gasteiger charge is 2.28. The Morgan fingerprint density at radius 2 is 2.07 bits per heavy atom. The Morgan fingerprint density at radius 3 is 2.60 bits per heavy atom. The summed E-state index contributed by atoms with van der Waals surface area (Å²) in [7, 11) is 0. The van der Waals surface area contributed by atoms with E-state index in [1.165, 1.54) is 0 Å². The minimum Gasteiger partial charge on any atom is -0.462 e. The normalized spacial score (nSPS) is 14.3. The highest BCUT2D eigenvalue weighted by Crippen LogP contribution is 2.14. The number of ether oxygens (including phenoxy) is 1. The molecule has 0 aliphatic carbocycles. The summed E-state index contributed by atoms with van der Waals surface area (Å²) in [5.41, 5.74) is 4.28. The first-order chi connectivity index (χ1) is 7.16. The van der Waals surface area contributed by atoms with Gasteiger partial charge < -0.3 is 15.6 Å². The van der Waals surface area contributed by atoms with Crippen molar-refractivity contribution in [2.75, 3.05) is 6.61 Å². The fraction of sp³-hybridized carbons (Fsp3) is 0.364. The number of carbonyl (C=O) groups excluding carboxylic acids is 1. The molecule has 4 heteroatoms. The Kier molecular flexibility index (Phi) is 4.27. The number of quaternary nitrogens is 1. The molecule has 0 saturated carbocycles. The number of carbonyl (C=O) groups is 1. The summed E-state index contributed by atoms with van der Waals surface area (Å²) in [5.74, 6) is -0.478. The third-order valence-corrected chi connectivity index (χ3v) is 2.11. The van der Waals surface area contributed by atoms with Crippen molar-refractivity contribution in [3.05, 3.63) is 35.9 Å². The maximum Gasteiger partial charge on any atom is 0.367 e. The maximum absolute atomic E-state index is 11.3. The molecule has 2 atom stereocenters. The number of hydrogen-bond acceptors (Lipinski definition) is 3. The SMILES string of the molecule is CCOC(=O)C([NH3+])C(O)c1ccccc1. The standard InChI is InChI=1S/C11H15NO3/c1-2-15-11(14)9(12)10(13)8-6-4-3-5-7-8/h3-7,9-10,13H,2,12H2,1H3/p+1. The van der Waals surface area contributed by atoms with E-state index in [1.54, 1.807) is 31.2 Å². The molecule has 0 fully saturated rings. The van der Waals surface area contributed by atoms with Gasteiger partial charge in [0, 0.05) is 0 Å². The molecule has 1 aromatic rings. The molecule has 0 aromatic heterocycles. The van der Waals surface area contributed by atoms with Crippen LogP contribution in [0.4, 0.5) is 0 Å². The van der Waals surface area contributed by atoms with Crippen LogP contribution in [0, 0.1) is 0 Å². The molecule has 4 nitrogen and oxygen atoms in total. The molecule has 1 rings (SSSR count). The van der Waals surface area contributed by atoms with Gasteiger partial charge in [-0.1, -0.05) is 30.3 Å². The van der Waals surface area contributed by atoms with E-state index in [-0.39, 0.29) is 0 Å². The van der Waals surface area contributed by atoms with Crippen LogP contribution in [0.15, 0.2) is 30.3 Å². The van der Waals surface area contributed by atoms with E-state index in [0.29, 0.717) is 12.2 Å². The highest BCUT2D eigenvalue weighted by molar-refractivity contribution is 5.74. The molecule has 0 aliphatic rings. The van der Waals surface area contributed by atoms with Gasteiger partial charge in [-0.15, -0.1) is 0 Å². The second-order valence-electron chi connectivity index (χ2n) is 3.21. The monoisotopic (exact) mass is 210 g/mol. The van der Waals surface area contributed by atoms with E-state index in [1.807, 2.05) is 6.07 Å². The number of aliphatic hydroxyl groups is 1. The summed E-state index contributed by atoms with van der Waals surface area (Å²) in [6.45, 7) is 2.02. The van der Waals surface area contributed by atoms with Gasteiger partial charge >= 0.3 is 5.97 Å². The Bertz CT molecular complexity index is 313. The van der Waals surface area contributed by atoms with Gasteiger partial charge in [0.2, 0.25) is 6.04 Å². The zero-order chi connectivity index (χ0) is 11.3. The molecule has 1 aromatic carbocycles. The molecular weight excluding hydrogens is 194 g/mol. The number of esters is 1. The van der Waals surface area contributed by atoms with Crippen LogP contribution in [0.3, 0.4) is 0 Å². The summed E-state index contributed by atoms with van der Waals surface area (Å²) in [6, 6.07) is 8.17. The summed E-state index contributed by atoms with van der Waals surface area (Å²) >= 11 is 0. The summed E-state index contributed by atoms with van der Waals surface area (Å²) in [4.78, 5) is 11.3. The predicted molar refractivity (Wildman–Crippen MR) is 54.7 cm³/mol. The van der Waals surface area contributed by atoms with Gasteiger partial charge in [0.25, 0.3) is 0 Å². The molecule has 2 unspecified atom stereocenters. The van der Waals surface area contributed by atoms with Crippen molar-refractivity contribution in [2.45, 2.75) is 19.1 Å². The summed E-state index contributed by atoms with van der Waals surface area (Å²) in [6.07, 6.45) is -0.912. The lowest BCUT2D eigenvalue weighted by Gasteiger charge is -2.14. The average Bonchev–Trinajstić information content (AvgIpc) is 2.28. The number of rotatable bonds is 4. The van der Waals surface area contributed by atoms with E-state index in [9.17, 15) is 9.90 Å². The van der Waals surface area contributed by atoms with Crippen molar-refractivity contribution >= 4 is 5.97 Å². The van der Waals surface area contributed by atoms with E-state index in [4.69, 9.17) is 4.74 Å². The molecule has 0 bridgehead atoms. The number of benzene rings is 1. The molecule has 0 aliphatic heterocycles. The highest BCUT2D eigenvalue weighted by atomic mass is 16.5. The molecule has 4 N–H and O–H groups in total. The third-order valence-electron chi connectivity index (χ3n) is 2.11. The Labute approximate surface area is 88.7 Å². The Balaban J connectivity index is 2.68. The van der Waals surface area contributed by atoms with Crippen LogP contribution < -0.4 is 5.73 Å². The van der Waals surface area contributed by atoms with Gasteiger partial charge in [0.1, 0.15) is 6.10 Å². The van der Waals surface area contributed by atoms with Crippen LogP contribution in [-0.4, -0.2) is 23.7 Å². The molecule has 0 saturated heterocycles. The van der Waals surface area contributed by atoms with E-state index in [0.717, 1.165) is 0 Å². The van der Waals surface area contributed by atoms with Gasteiger partial charge in [-0.2, -0.15) is 0 Å². The molecule has 15 heavy (non-hydrogen) atoms. The van der Waals surface area contributed by atoms with Crippen LogP contribution in [0.25, 0.3) is 0 Å². The fourth-order valence-electron chi connectivity index (χ4n) is 1.26. The second kappa shape index (κ2) is 5.48. The van der Waals surface area contributed by atoms with Gasteiger partial charge in [-0.05, 0) is 12.5 Å². The van der Waals surface area contributed by atoms with Crippen molar-refractivity contribution in [3.8, 4) is 0 Å². The van der Waals surface area contributed by atoms with Crippen molar-refractivity contribution in [1.29, 1.82) is 0 Å². The minimum absolute atomic E-state index is 0.298. The number of hydrogen-bond donors (Lipinski definition) is 2. The first kappa shape index (κ1) is 11.7. The topological polar surface area (TPSA) is 74.2 Å². The zero-order valence-corrected chi connectivity index (χ0v) is 8.72. The lowest BCUT2D eigenvalue weighted by atomic mass is 10.0. The van der Waals surface area contributed by atoms with E-state index < -0.39 is 18.1 Å². The van der Waals surface area contributed by atoms with Gasteiger partial charge in [-0.3, -0.25) is 0 Å². The minimum atomic E-state index is -0.912. The maximum atomic E-state index is 11.3. The molecular formula is C11H16NO3+. The van der Waals surface area contributed by atoms with Gasteiger partial charge in [-0.25, -0.2) is 4.79 Å². The summed E-state index contributed by atoms with van der Waals surface area (Å²) in [5, 5.41) is 9.82. The van der Waals surface area contributed by atoms with Crippen LogP contribution >= 0.6 is 0 Å². The Hall–Kier alpha value is -1.39. The largest absolute Gasteiger partial charge is 0.462 e. The van der Waals surface area contributed by atoms with Gasteiger partial charge in [0.15, 0.2) is 0 Å². The molecule has 82 valence electrons. The molecule has 0 radical (unpaired) electrons. The molecule has 0 amide bonds. The summed E-state index contributed by atoms with van der Waals surface area (Å²) < 4.78 is 4.78. The van der Waals surface area contributed by atoms with Gasteiger partial charge in [0.05, 0.1) is 6.61 Å². The Morgan fingerprint density at radius 1 is 1.47 bits per heavy atom. The smallest absolute Gasteiger partial charge is 0.367 e. The second-order valence-corrected chi connectivity index (χ2v) is 3.21. The zero-order valence-electron chi connectivity index (χ0n) is 8.72. The average molecular weight is 210 g/mol. The van der Waals surface area contributed by atoms with E-state index >= 15 is 0 Å². The van der Waals surface area contributed by atoms with E-state index in [2.05, 4.69) is 5.73 Å². The third kappa shape index (κ3) is 3.04. The van der Waals surface area contributed by atoms with Crippen molar-refractivity contribution in [3.63, 3.8) is 0 Å². The van der Waals surface area contributed by atoms with Crippen LogP contribution in [0.1, 0.15) is 18.6 Å². The van der Waals surface area contributed by atoms with Crippen molar-refractivity contribution < 1.29 is 20.4 Å². The lowest BCUT2D eigenvalue weighted by Crippen LogP contribution is -2.68.